The highest BCUT2D eigenvalue weighted by molar-refractivity contribution is 8.13. The van der Waals surface area contributed by atoms with E-state index in [-0.39, 0.29) is 52.7 Å². The largest absolute Gasteiger partial charge is 0.501 e. The molecule has 1 aromatic rings. The summed E-state index contributed by atoms with van der Waals surface area (Å²) in [5.74, 6) is 1.09. The van der Waals surface area contributed by atoms with Gasteiger partial charge in [-0.3, -0.25) is 0 Å². The van der Waals surface area contributed by atoms with Crippen molar-refractivity contribution in [1.29, 1.82) is 0 Å². The van der Waals surface area contributed by atoms with Crippen LogP contribution in [0.4, 0.5) is 0 Å². The molecule has 260 valence electrons. The Kier molecular flexibility index (Phi) is 12.1. The van der Waals surface area contributed by atoms with Crippen LogP contribution in [0.5, 0.6) is 0 Å². The first kappa shape index (κ1) is 39.4. The van der Waals surface area contributed by atoms with Gasteiger partial charge in [0.2, 0.25) is 0 Å². The number of rotatable bonds is 11. The number of hydrogen-bond acceptors (Lipinski definition) is 14. The van der Waals surface area contributed by atoms with E-state index in [0.29, 0.717) is 12.2 Å². The summed E-state index contributed by atoms with van der Waals surface area (Å²) in [6.45, 7) is 5.91. The fourth-order valence-corrected chi connectivity index (χ4v) is 80.0. The summed E-state index contributed by atoms with van der Waals surface area (Å²) in [5, 5.41) is 0. The maximum Gasteiger partial charge on any atom is 0.501 e. The van der Waals surface area contributed by atoms with Gasteiger partial charge in [0.25, 0.3) is 9.05 Å². The molecule has 1 aromatic carbocycles. The third-order valence-electron chi connectivity index (χ3n) is 7.39. The van der Waals surface area contributed by atoms with E-state index in [2.05, 4.69) is 37.0 Å². The second kappa shape index (κ2) is 14.1. The fourth-order valence-electron chi connectivity index (χ4n) is 5.29. The summed E-state index contributed by atoms with van der Waals surface area (Å²) in [5.41, 5.74) is 0.811. The van der Waals surface area contributed by atoms with Crippen LogP contribution in [0.15, 0.2) is 29.2 Å². The van der Waals surface area contributed by atoms with Gasteiger partial charge in [-0.2, -0.15) is 0 Å². The number of benzene rings is 1. The molecule has 6 aliphatic rings. The van der Waals surface area contributed by atoms with Crippen molar-refractivity contribution in [3.63, 3.8) is 0 Å². The van der Waals surface area contributed by atoms with Crippen molar-refractivity contribution in [3.05, 3.63) is 29.8 Å². The van der Waals surface area contributed by atoms with E-state index in [4.69, 9.17) is 60.1 Å². The third kappa shape index (κ3) is 7.39. The summed E-state index contributed by atoms with van der Waals surface area (Å²) >= 11 is 0. The van der Waals surface area contributed by atoms with Crippen LogP contribution in [0.3, 0.4) is 0 Å². The molecule has 6 saturated heterocycles. The summed E-state index contributed by atoms with van der Waals surface area (Å²) < 4.78 is 109. The quantitative estimate of drug-likeness (QED) is 0.181. The molecule has 11 atom stereocenters. The molecule has 6 heterocycles. The minimum atomic E-state index is -3.97. The van der Waals surface area contributed by atoms with Crippen molar-refractivity contribution in [2.24, 2.45) is 0 Å². The second-order valence-electron chi connectivity index (χ2n) is 10.5. The molecule has 6 aliphatic heterocycles. The Labute approximate surface area is 296 Å². The molecule has 7 rings (SSSR count). The number of hydrogen-bond donors (Lipinski definition) is 0. The molecule has 0 radical (unpaired) electrons. The molecule has 0 aliphatic carbocycles. The molecule has 6 fully saturated rings. The van der Waals surface area contributed by atoms with Crippen molar-refractivity contribution in [2.75, 3.05) is 43.1 Å². The minimum absolute atomic E-state index is 0.00504. The Balaban J connectivity index is 1.56. The smallest absolute Gasteiger partial charge is 0.373 e. The monoisotopic (exact) mass is 948 g/mol. The van der Waals surface area contributed by atoms with E-state index in [9.17, 15) is 8.42 Å². The molecule has 0 saturated carbocycles. The van der Waals surface area contributed by atoms with Crippen LogP contribution >= 0.6 is 72.0 Å². The maximum atomic E-state index is 11.9. The standard InChI is InChI=1S/C15H36ClO14P7SSi8/c1-35-44-24-40(10-31)19-39(9-8-14-4-6-15(7-5-14)38(16,17)18)20-41(11-32)23-42(12-33,22-40)26-46(29-44,37-3)30-45(25-41,36-2)28-43(13-34,21-39)27-44/h4-7,35-37H,8-13,31-34H2,1-3H3. The Morgan fingerprint density at radius 2 is 0.891 bits per heavy atom. The summed E-state index contributed by atoms with van der Waals surface area (Å²) in [7, 11) is -17.5. The van der Waals surface area contributed by atoms with Gasteiger partial charge in [-0.15, -0.1) is 37.0 Å². The van der Waals surface area contributed by atoms with Gasteiger partial charge in [-0.05, 0) is 44.1 Å². The van der Waals surface area contributed by atoms with Gasteiger partial charge in [-0.25, -0.2) is 8.42 Å². The number of halogens is 1. The zero-order valence-electron chi connectivity index (χ0n) is 24.9. The molecule has 46 heavy (non-hydrogen) atoms. The predicted molar refractivity (Wildman–Crippen MR) is 208 cm³/mol. The minimum Gasteiger partial charge on any atom is -0.373 e. The first-order valence-electron chi connectivity index (χ1n) is 13.9. The van der Waals surface area contributed by atoms with E-state index in [1.54, 1.807) is 12.1 Å². The van der Waals surface area contributed by atoms with Gasteiger partial charge in [0, 0.05) is 39.9 Å². The lowest BCUT2D eigenvalue weighted by atomic mass is 10.2. The van der Waals surface area contributed by atoms with E-state index >= 15 is 0 Å². The Hall–Kier alpha value is 3.73. The fraction of sp³-hybridized carbons (Fsp3) is 0.600. The Morgan fingerprint density at radius 3 is 1.22 bits per heavy atom. The second-order valence-corrected chi connectivity index (χ2v) is 51.5. The van der Waals surface area contributed by atoms with Crippen molar-refractivity contribution in [1.82, 2.24) is 0 Å². The number of aryl methyl sites for hydroxylation is 1. The Morgan fingerprint density at radius 1 is 0.565 bits per heavy atom. The van der Waals surface area contributed by atoms with Gasteiger partial charge in [0.1, 0.15) is 0 Å². The molecule has 8 bridgehead atoms. The van der Waals surface area contributed by atoms with Crippen molar-refractivity contribution in [2.45, 2.75) is 17.4 Å². The highest BCUT2D eigenvalue weighted by atomic mass is 35.7. The van der Waals surface area contributed by atoms with E-state index in [1.165, 1.54) is 12.1 Å². The van der Waals surface area contributed by atoms with Crippen molar-refractivity contribution < 1.29 is 57.8 Å². The van der Waals surface area contributed by atoms with E-state index in [0.717, 1.165) is 5.56 Å². The molecule has 11 unspecified atom stereocenters. The molecule has 0 aromatic heterocycles. The normalized spacial score (nSPS) is 45.9. The van der Waals surface area contributed by atoms with Gasteiger partial charge in [0.15, 0.2) is 0 Å². The average molecular weight is 949 g/mol. The molecule has 0 amide bonds. The molecule has 31 heteroatoms. The molecule has 0 N–H and O–H groups in total. The van der Waals surface area contributed by atoms with Crippen molar-refractivity contribution >= 4 is 151 Å². The molecular formula is C15H36ClO14P7SSi8. The van der Waals surface area contributed by atoms with Gasteiger partial charge in [0.05, 0.1) is 4.90 Å². The summed E-state index contributed by atoms with van der Waals surface area (Å²) in [6, 6.07) is 6.57. The lowest BCUT2D eigenvalue weighted by molar-refractivity contribution is -0.00833. The van der Waals surface area contributed by atoms with Crippen LogP contribution in [0, 0.1) is 0 Å². The zero-order valence-corrected chi connectivity index (χ0v) is 42.1. The summed E-state index contributed by atoms with van der Waals surface area (Å²) in [4.78, 5) is 0.00504. The first-order chi connectivity index (χ1) is 21.6. The van der Waals surface area contributed by atoms with Crippen LogP contribution < -0.4 is 0 Å². The SMILES string of the molecule is CP[Si]12O[Si]3(CP)O[Si]4(CCc5ccc(S(=O)(=O)Cl)cc5)O[Si]5(CP)O[Si](CP)(O3)O[Si](PC)(O1)O[Si](PC)(O5)O[Si](CP)(O4)O2. The summed E-state index contributed by atoms with van der Waals surface area (Å²) in [6.07, 6.45) is 0.387. The predicted octanol–water partition coefficient (Wildman–Crippen LogP) is 2.01. The molecule has 14 nitrogen and oxygen atoms in total. The third-order valence-corrected chi connectivity index (χ3v) is 61.6. The van der Waals surface area contributed by atoms with Crippen LogP contribution in [-0.4, -0.2) is 121 Å². The maximum absolute atomic E-state index is 11.9. The van der Waals surface area contributed by atoms with Gasteiger partial charge in [-0.1, -0.05) is 36.5 Å². The van der Waals surface area contributed by atoms with Crippen LogP contribution in [0.25, 0.3) is 0 Å². The van der Waals surface area contributed by atoms with E-state index in [1.807, 2.05) is 20.0 Å². The first-order valence-corrected chi connectivity index (χ1v) is 41.8. The highest BCUT2D eigenvalue weighted by Crippen LogP contribution is 2.56. The lowest BCUT2D eigenvalue weighted by Crippen LogP contribution is -2.88. The lowest BCUT2D eigenvalue weighted by Gasteiger charge is -2.62. The Bertz CT molecular complexity index is 1330. The highest BCUT2D eigenvalue weighted by Gasteiger charge is 2.82. The molecule has 0 spiro atoms. The van der Waals surface area contributed by atoms with Gasteiger partial charge < -0.3 is 49.4 Å². The topological polar surface area (TPSA) is 145 Å². The van der Waals surface area contributed by atoms with Crippen LogP contribution in [-0.2, 0) is 64.9 Å². The van der Waals surface area contributed by atoms with E-state index < -0.39 is 78.5 Å². The van der Waals surface area contributed by atoms with Crippen LogP contribution in [0.2, 0.25) is 6.04 Å². The molecular weight excluding hydrogens is 913 g/mol. The zero-order chi connectivity index (χ0) is 33.3. The van der Waals surface area contributed by atoms with Crippen molar-refractivity contribution in [3.8, 4) is 0 Å². The van der Waals surface area contributed by atoms with Gasteiger partial charge >= 0.3 is 69.4 Å². The van der Waals surface area contributed by atoms with Crippen LogP contribution in [0.1, 0.15) is 5.56 Å². The average Bonchev–Trinajstić information content (AvgIpc) is 2.99.